The van der Waals surface area contributed by atoms with Gasteiger partial charge < -0.3 is 5.32 Å². The maximum atomic E-state index is 12.5. The van der Waals surface area contributed by atoms with Crippen LogP contribution in [0.15, 0.2) is 48.5 Å². The molecule has 6 nitrogen and oxygen atoms in total. The monoisotopic (exact) mass is 483 g/mol. The number of benzene rings is 2. The number of piperidine rings is 1. The minimum Gasteiger partial charge on any atom is -0.353 e. The number of sulfonamides is 1. The second kappa shape index (κ2) is 11.4. The molecule has 2 aliphatic rings. The van der Waals surface area contributed by atoms with Crippen molar-refractivity contribution in [2.45, 2.75) is 64.0 Å². The van der Waals surface area contributed by atoms with Gasteiger partial charge in [-0.2, -0.15) is 0 Å². The standard InChI is InChI=1S/C27H37N3O3S/c1-34(32,33)29-27-23(13-8-14-25(27)22-11-6-3-7-12-22)20-30-17-15-24(16-18-30)28-26(31)19-21-9-4-2-5-10-21/h3,6-8,11-14,21,24,29H,2,4-5,9-10,15-20H2,1H3,(H,28,31). The number of nitrogens with zero attached hydrogens (tertiary/aromatic N) is 1. The van der Waals surface area contributed by atoms with Gasteiger partial charge in [0.15, 0.2) is 0 Å². The highest BCUT2D eigenvalue weighted by molar-refractivity contribution is 7.92. The number of hydrogen-bond acceptors (Lipinski definition) is 4. The molecule has 0 bridgehead atoms. The quantitative estimate of drug-likeness (QED) is 0.567. The Labute approximate surface area is 204 Å². The van der Waals surface area contributed by atoms with Gasteiger partial charge in [-0.15, -0.1) is 0 Å². The molecular formula is C27H37N3O3S. The highest BCUT2D eigenvalue weighted by Gasteiger charge is 2.24. The molecule has 2 aromatic carbocycles. The van der Waals surface area contributed by atoms with Gasteiger partial charge in [0.05, 0.1) is 11.9 Å². The van der Waals surface area contributed by atoms with Crippen molar-refractivity contribution in [1.82, 2.24) is 10.2 Å². The van der Waals surface area contributed by atoms with Crippen molar-refractivity contribution in [3.8, 4) is 11.1 Å². The van der Waals surface area contributed by atoms with Crippen LogP contribution in [0.2, 0.25) is 0 Å². The number of carbonyl (C=O) groups is 1. The first-order valence-electron chi connectivity index (χ1n) is 12.5. The Bertz CT molecular complexity index is 1060. The fraction of sp³-hybridized carbons (Fsp3) is 0.519. The van der Waals surface area contributed by atoms with E-state index in [1.165, 1.54) is 38.4 Å². The molecule has 0 unspecified atom stereocenters. The molecule has 0 spiro atoms. The van der Waals surface area contributed by atoms with E-state index in [4.69, 9.17) is 0 Å². The van der Waals surface area contributed by atoms with Crippen molar-refractivity contribution >= 4 is 21.6 Å². The predicted molar refractivity (Wildman–Crippen MR) is 138 cm³/mol. The summed E-state index contributed by atoms with van der Waals surface area (Å²) in [5, 5.41) is 3.27. The van der Waals surface area contributed by atoms with Gasteiger partial charge in [-0.05, 0) is 42.7 Å². The third-order valence-corrected chi connectivity index (χ3v) is 7.64. The number of nitrogens with one attached hydrogen (secondary N) is 2. The second-order valence-corrected chi connectivity index (χ2v) is 11.7. The van der Waals surface area contributed by atoms with Gasteiger partial charge in [-0.3, -0.25) is 14.4 Å². The summed E-state index contributed by atoms with van der Waals surface area (Å²) in [6, 6.07) is 16.0. The van der Waals surface area contributed by atoms with Crippen LogP contribution in [-0.2, 0) is 21.4 Å². The van der Waals surface area contributed by atoms with E-state index in [-0.39, 0.29) is 11.9 Å². The molecule has 2 N–H and O–H groups in total. The van der Waals surface area contributed by atoms with Crippen molar-refractivity contribution in [2.24, 2.45) is 5.92 Å². The first-order valence-corrected chi connectivity index (χ1v) is 14.4. The molecule has 7 heteroatoms. The second-order valence-electron chi connectivity index (χ2n) is 9.91. The number of carbonyl (C=O) groups excluding carboxylic acids is 1. The molecule has 2 aromatic rings. The molecule has 1 aliphatic heterocycles. The molecular weight excluding hydrogens is 446 g/mol. The number of likely N-dealkylation sites (tertiary alicyclic amines) is 1. The minimum atomic E-state index is -3.42. The lowest BCUT2D eigenvalue weighted by atomic mass is 9.86. The Kier molecular flexibility index (Phi) is 8.27. The molecule has 1 heterocycles. The predicted octanol–water partition coefficient (Wildman–Crippen LogP) is 4.78. The third kappa shape index (κ3) is 7.06. The average Bonchev–Trinajstić information content (AvgIpc) is 2.82. The van der Waals surface area contributed by atoms with Gasteiger partial charge >= 0.3 is 0 Å². The molecule has 4 rings (SSSR count). The number of rotatable bonds is 8. The van der Waals surface area contributed by atoms with Gasteiger partial charge in [-0.1, -0.05) is 67.8 Å². The van der Waals surface area contributed by atoms with Crippen LogP contribution < -0.4 is 10.0 Å². The van der Waals surface area contributed by atoms with Crippen LogP contribution in [0.25, 0.3) is 11.1 Å². The molecule has 0 radical (unpaired) electrons. The molecule has 34 heavy (non-hydrogen) atoms. The zero-order chi connectivity index (χ0) is 24.0. The van der Waals surface area contributed by atoms with Crippen LogP contribution in [-0.4, -0.2) is 44.6 Å². The van der Waals surface area contributed by atoms with E-state index in [9.17, 15) is 13.2 Å². The van der Waals surface area contributed by atoms with Crippen molar-refractivity contribution in [3.05, 3.63) is 54.1 Å². The van der Waals surface area contributed by atoms with Gasteiger partial charge in [0.1, 0.15) is 0 Å². The van der Waals surface area contributed by atoms with Crippen LogP contribution in [0.3, 0.4) is 0 Å². The normalized spacial score (nSPS) is 18.5. The largest absolute Gasteiger partial charge is 0.353 e. The smallest absolute Gasteiger partial charge is 0.229 e. The summed E-state index contributed by atoms with van der Waals surface area (Å²) < 4.78 is 27.1. The Morgan fingerprint density at radius 3 is 2.32 bits per heavy atom. The molecule has 1 saturated heterocycles. The molecule has 1 aliphatic carbocycles. The Balaban J connectivity index is 1.38. The number of amides is 1. The van der Waals surface area contributed by atoms with Crippen LogP contribution >= 0.6 is 0 Å². The van der Waals surface area contributed by atoms with Crippen molar-refractivity contribution in [3.63, 3.8) is 0 Å². The molecule has 1 amide bonds. The molecule has 2 fully saturated rings. The third-order valence-electron chi connectivity index (χ3n) is 7.07. The summed E-state index contributed by atoms with van der Waals surface area (Å²) in [6.45, 7) is 2.42. The molecule has 184 valence electrons. The van der Waals surface area contributed by atoms with Crippen LogP contribution in [0.1, 0.15) is 56.9 Å². The lowest BCUT2D eigenvalue weighted by Gasteiger charge is -2.33. The van der Waals surface area contributed by atoms with Gasteiger partial charge in [0.25, 0.3) is 0 Å². The Morgan fingerprint density at radius 2 is 1.65 bits per heavy atom. The first-order chi connectivity index (χ1) is 16.4. The summed E-state index contributed by atoms with van der Waals surface area (Å²) in [5.74, 6) is 0.770. The first kappa shape index (κ1) is 24.7. The topological polar surface area (TPSA) is 78.5 Å². The van der Waals surface area contributed by atoms with Crippen LogP contribution in [0.4, 0.5) is 5.69 Å². The maximum Gasteiger partial charge on any atom is 0.229 e. The Hall–Kier alpha value is -2.38. The van der Waals surface area contributed by atoms with Crippen molar-refractivity contribution < 1.29 is 13.2 Å². The lowest BCUT2D eigenvalue weighted by molar-refractivity contribution is -0.123. The average molecular weight is 484 g/mol. The van der Waals surface area contributed by atoms with E-state index in [0.717, 1.165) is 42.6 Å². The number of anilines is 1. The highest BCUT2D eigenvalue weighted by Crippen LogP contribution is 2.33. The minimum absolute atomic E-state index is 0.209. The maximum absolute atomic E-state index is 12.5. The number of hydrogen-bond donors (Lipinski definition) is 2. The zero-order valence-corrected chi connectivity index (χ0v) is 20.9. The number of para-hydroxylation sites is 1. The van der Waals surface area contributed by atoms with Crippen LogP contribution in [0.5, 0.6) is 0 Å². The van der Waals surface area contributed by atoms with Gasteiger partial charge in [0, 0.05) is 37.7 Å². The fourth-order valence-corrected chi connectivity index (χ4v) is 5.92. The van der Waals surface area contributed by atoms with Crippen molar-refractivity contribution in [1.29, 1.82) is 0 Å². The SMILES string of the molecule is CS(=O)(=O)Nc1c(CN2CCC(NC(=O)CC3CCCCC3)CC2)cccc1-c1ccccc1. The van der Waals surface area contributed by atoms with E-state index in [0.29, 0.717) is 24.6 Å². The summed E-state index contributed by atoms with van der Waals surface area (Å²) >= 11 is 0. The van der Waals surface area contributed by atoms with Gasteiger partial charge in [-0.25, -0.2) is 8.42 Å². The molecule has 1 saturated carbocycles. The van der Waals surface area contributed by atoms with E-state index in [2.05, 4.69) is 14.9 Å². The summed E-state index contributed by atoms with van der Waals surface area (Å²) in [7, 11) is -3.42. The van der Waals surface area contributed by atoms with E-state index in [1.54, 1.807) is 0 Å². The Morgan fingerprint density at radius 1 is 0.941 bits per heavy atom. The van der Waals surface area contributed by atoms with Gasteiger partial charge in [0.2, 0.25) is 15.9 Å². The van der Waals surface area contributed by atoms with E-state index >= 15 is 0 Å². The summed E-state index contributed by atoms with van der Waals surface area (Å²) in [6.07, 6.45) is 9.93. The van der Waals surface area contributed by atoms with Crippen molar-refractivity contribution in [2.75, 3.05) is 24.1 Å². The summed E-state index contributed by atoms with van der Waals surface area (Å²) in [5.41, 5.74) is 3.48. The zero-order valence-electron chi connectivity index (χ0n) is 20.1. The van der Waals surface area contributed by atoms with Crippen LogP contribution in [0, 0.1) is 5.92 Å². The highest BCUT2D eigenvalue weighted by atomic mass is 32.2. The summed E-state index contributed by atoms with van der Waals surface area (Å²) in [4.78, 5) is 14.9. The van der Waals surface area contributed by atoms with E-state index < -0.39 is 10.0 Å². The molecule has 0 atom stereocenters. The fourth-order valence-electron chi connectivity index (χ4n) is 5.31. The lowest BCUT2D eigenvalue weighted by Crippen LogP contribution is -2.44. The van der Waals surface area contributed by atoms with E-state index in [1.807, 2.05) is 48.5 Å². The molecule has 0 aromatic heterocycles.